The van der Waals surface area contributed by atoms with E-state index in [1.54, 1.807) is 0 Å². The minimum atomic E-state index is 0.0184. The van der Waals surface area contributed by atoms with E-state index in [4.69, 9.17) is 4.74 Å². The van der Waals surface area contributed by atoms with E-state index in [2.05, 4.69) is 24.5 Å². The van der Waals surface area contributed by atoms with Gasteiger partial charge in [-0.25, -0.2) is 0 Å². The largest absolute Gasteiger partial charge is 0.494 e. The van der Waals surface area contributed by atoms with E-state index >= 15 is 0 Å². The zero-order valence-electron chi connectivity index (χ0n) is 13.3. The first kappa shape index (κ1) is 16.3. The van der Waals surface area contributed by atoms with Crippen LogP contribution in [0, 0.1) is 13.8 Å². The third-order valence-electron chi connectivity index (χ3n) is 3.93. The standard InChI is InChI=1S/C17H24N2O3/c1-12-5-7-15(10-13(12)2)22-9-3-4-17(21)19-14-6-8-16(20)18-11-14/h5,7,10,14H,3-4,6,8-9,11H2,1-2H3,(H,18,20)(H,19,21). The molecule has 1 aromatic carbocycles. The zero-order chi connectivity index (χ0) is 15.9. The topological polar surface area (TPSA) is 67.4 Å². The van der Waals surface area contributed by atoms with Gasteiger partial charge in [-0.2, -0.15) is 0 Å². The summed E-state index contributed by atoms with van der Waals surface area (Å²) in [5.41, 5.74) is 2.45. The Bertz CT molecular complexity index is 533. The Morgan fingerprint density at radius 1 is 1.36 bits per heavy atom. The van der Waals surface area contributed by atoms with Crippen molar-refractivity contribution in [2.24, 2.45) is 0 Å². The Morgan fingerprint density at radius 3 is 2.86 bits per heavy atom. The molecule has 1 aliphatic heterocycles. The van der Waals surface area contributed by atoms with Crippen molar-refractivity contribution >= 4 is 11.8 Å². The Labute approximate surface area is 131 Å². The average molecular weight is 304 g/mol. The number of amides is 2. The van der Waals surface area contributed by atoms with Crippen molar-refractivity contribution in [1.82, 2.24) is 10.6 Å². The summed E-state index contributed by atoms with van der Waals surface area (Å²) in [4.78, 5) is 22.9. The number of rotatable bonds is 6. The molecule has 120 valence electrons. The molecule has 0 radical (unpaired) electrons. The van der Waals surface area contributed by atoms with E-state index in [1.807, 2.05) is 18.2 Å². The molecule has 0 aliphatic carbocycles. The van der Waals surface area contributed by atoms with Crippen molar-refractivity contribution in [2.45, 2.75) is 45.6 Å². The normalized spacial score (nSPS) is 17.7. The summed E-state index contributed by atoms with van der Waals surface area (Å²) in [7, 11) is 0. The summed E-state index contributed by atoms with van der Waals surface area (Å²) in [5, 5.41) is 5.70. The molecular formula is C17H24N2O3. The molecule has 1 aromatic rings. The van der Waals surface area contributed by atoms with Crippen LogP contribution in [0.15, 0.2) is 18.2 Å². The van der Waals surface area contributed by atoms with E-state index in [0.717, 1.165) is 12.2 Å². The molecule has 0 bridgehead atoms. The van der Waals surface area contributed by atoms with Crippen LogP contribution in [0.2, 0.25) is 0 Å². The van der Waals surface area contributed by atoms with Gasteiger partial charge in [0.05, 0.1) is 6.61 Å². The van der Waals surface area contributed by atoms with Crippen LogP contribution in [0.1, 0.15) is 36.8 Å². The van der Waals surface area contributed by atoms with E-state index in [-0.39, 0.29) is 17.9 Å². The fraction of sp³-hybridized carbons (Fsp3) is 0.529. The molecule has 2 N–H and O–H groups in total. The number of hydrogen-bond acceptors (Lipinski definition) is 3. The van der Waals surface area contributed by atoms with Crippen LogP contribution < -0.4 is 15.4 Å². The molecule has 1 saturated heterocycles. The van der Waals surface area contributed by atoms with E-state index in [9.17, 15) is 9.59 Å². The molecule has 2 amide bonds. The molecule has 1 aliphatic rings. The molecule has 0 spiro atoms. The molecule has 5 heteroatoms. The third kappa shape index (κ3) is 5.06. The Morgan fingerprint density at radius 2 is 2.18 bits per heavy atom. The van der Waals surface area contributed by atoms with E-state index in [1.165, 1.54) is 11.1 Å². The lowest BCUT2D eigenvalue weighted by Crippen LogP contribution is -2.47. The van der Waals surface area contributed by atoms with Crippen molar-refractivity contribution in [3.8, 4) is 5.75 Å². The van der Waals surface area contributed by atoms with Crippen LogP contribution in [-0.2, 0) is 9.59 Å². The van der Waals surface area contributed by atoms with Crippen LogP contribution in [0.3, 0.4) is 0 Å². The van der Waals surface area contributed by atoms with Crippen LogP contribution >= 0.6 is 0 Å². The highest BCUT2D eigenvalue weighted by Crippen LogP contribution is 2.16. The number of hydrogen-bond donors (Lipinski definition) is 2. The number of carbonyl (C=O) groups excluding carboxylic acids is 2. The van der Waals surface area contributed by atoms with E-state index in [0.29, 0.717) is 32.4 Å². The molecule has 0 saturated carbocycles. The highest BCUT2D eigenvalue weighted by Gasteiger charge is 2.19. The highest BCUT2D eigenvalue weighted by molar-refractivity contribution is 5.78. The second kappa shape index (κ2) is 7.82. The van der Waals surface area contributed by atoms with E-state index < -0.39 is 0 Å². The molecule has 1 atom stereocenters. The fourth-order valence-corrected chi connectivity index (χ4v) is 2.38. The zero-order valence-corrected chi connectivity index (χ0v) is 13.3. The minimum absolute atomic E-state index is 0.0184. The lowest BCUT2D eigenvalue weighted by atomic mass is 10.1. The van der Waals surface area contributed by atoms with Crippen LogP contribution in [-0.4, -0.2) is 31.0 Å². The summed E-state index contributed by atoms with van der Waals surface area (Å²) >= 11 is 0. The summed E-state index contributed by atoms with van der Waals surface area (Å²) in [6, 6.07) is 6.06. The van der Waals surface area contributed by atoms with Gasteiger partial charge in [0.25, 0.3) is 0 Å². The Hall–Kier alpha value is -2.04. The van der Waals surface area contributed by atoms with Gasteiger partial charge < -0.3 is 15.4 Å². The van der Waals surface area contributed by atoms with Crippen LogP contribution in [0.4, 0.5) is 0 Å². The second-order valence-corrected chi connectivity index (χ2v) is 5.81. The lowest BCUT2D eigenvalue weighted by Gasteiger charge is -2.23. The predicted molar refractivity (Wildman–Crippen MR) is 84.8 cm³/mol. The van der Waals surface area contributed by atoms with Gasteiger partial charge in [0.2, 0.25) is 11.8 Å². The maximum atomic E-state index is 11.8. The summed E-state index contributed by atoms with van der Waals surface area (Å²) in [6.45, 7) is 5.18. The quantitative estimate of drug-likeness (QED) is 0.788. The number of ether oxygens (including phenoxy) is 1. The Kier molecular flexibility index (Phi) is 5.81. The summed E-state index contributed by atoms with van der Waals surface area (Å²) in [5.74, 6) is 0.927. The monoisotopic (exact) mass is 304 g/mol. The van der Waals surface area contributed by atoms with Crippen molar-refractivity contribution in [3.63, 3.8) is 0 Å². The first-order valence-corrected chi connectivity index (χ1v) is 7.80. The number of nitrogens with one attached hydrogen (secondary N) is 2. The van der Waals surface area contributed by atoms with Crippen LogP contribution in [0.5, 0.6) is 5.75 Å². The summed E-state index contributed by atoms with van der Waals surface area (Å²) < 4.78 is 5.66. The van der Waals surface area contributed by atoms with Gasteiger partial charge >= 0.3 is 0 Å². The fourth-order valence-electron chi connectivity index (χ4n) is 2.38. The SMILES string of the molecule is Cc1ccc(OCCCC(=O)NC2CCC(=O)NC2)cc1C. The highest BCUT2D eigenvalue weighted by atomic mass is 16.5. The smallest absolute Gasteiger partial charge is 0.220 e. The molecule has 2 rings (SSSR count). The van der Waals surface area contributed by atoms with Gasteiger partial charge in [0.15, 0.2) is 0 Å². The molecule has 1 fully saturated rings. The van der Waals surface area contributed by atoms with Crippen molar-refractivity contribution in [1.29, 1.82) is 0 Å². The van der Waals surface area contributed by atoms with Crippen molar-refractivity contribution < 1.29 is 14.3 Å². The predicted octanol–water partition coefficient (Wildman–Crippen LogP) is 1.86. The van der Waals surface area contributed by atoms with Crippen molar-refractivity contribution in [2.75, 3.05) is 13.2 Å². The first-order chi connectivity index (χ1) is 10.5. The number of aryl methyl sites for hydroxylation is 2. The maximum absolute atomic E-state index is 11.8. The third-order valence-corrected chi connectivity index (χ3v) is 3.93. The molecule has 0 aromatic heterocycles. The number of carbonyl (C=O) groups is 2. The average Bonchev–Trinajstić information content (AvgIpc) is 2.49. The lowest BCUT2D eigenvalue weighted by molar-refractivity contribution is -0.125. The first-order valence-electron chi connectivity index (χ1n) is 7.80. The van der Waals surface area contributed by atoms with Gasteiger partial charge in [0, 0.05) is 25.4 Å². The van der Waals surface area contributed by atoms with Gasteiger partial charge in [-0.1, -0.05) is 6.07 Å². The van der Waals surface area contributed by atoms with Crippen LogP contribution in [0.25, 0.3) is 0 Å². The van der Waals surface area contributed by atoms with Gasteiger partial charge in [-0.05, 0) is 49.9 Å². The summed E-state index contributed by atoms with van der Waals surface area (Å²) in [6.07, 6.45) is 2.32. The molecule has 22 heavy (non-hydrogen) atoms. The van der Waals surface area contributed by atoms with Gasteiger partial charge in [-0.15, -0.1) is 0 Å². The molecule has 1 unspecified atom stereocenters. The molecule has 1 heterocycles. The molecule has 5 nitrogen and oxygen atoms in total. The second-order valence-electron chi connectivity index (χ2n) is 5.81. The van der Waals surface area contributed by atoms with Gasteiger partial charge in [0.1, 0.15) is 5.75 Å². The number of piperidine rings is 1. The van der Waals surface area contributed by atoms with Crippen molar-refractivity contribution in [3.05, 3.63) is 29.3 Å². The number of benzene rings is 1. The Balaban J connectivity index is 1.62. The minimum Gasteiger partial charge on any atom is -0.494 e. The molecular weight excluding hydrogens is 280 g/mol. The maximum Gasteiger partial charge on any atom is 0.220 e. The van der Waals surface area contributed by atoms with Gasteiger partial charge in [-0.3, -0.25) is 9.59 Å².